The topological polar surface area (TPSA) is 37.0 Å². The molecule has 0 aliphatic carbocycles. The standard InChI is InChI=1S/C15H14N2O/c1-2-6-13(7-3-1)17-18-11-12-10-16-15-9-5-4-8-14(12)15/h1-10,16-17H,11H2. The molecule has 3 heteroatoms. The lowest BCUT2D eigenvalue weighted by molar-refractivity contribution is 0.181. The molecule has 0 radical (unpaired) electrons. The summed E-state index contributed by atoms with van der Waals surface area (Å²) in [5, 5.41) is 1.20. The maximum atomic E-state index is 5.50. The van der Waals surface area contributed by atoms with E-state index in [2.05, 4.69) is 22.6 Å². The van der Waals surface area contributed by atoms with Crippen molar-refractivity contribution < 1.29 is 4.84 Å². The molecule has 0 amide bonds. The van der Waals surface area contributed by atoms with Crippen molar-refractivity contribution in [2.45, 2.75) is 6.61 Å². The number of rotatable bonds is 4. The Labute approximate surface area is 105 Å². The Morgan fingerprint density at radius 1 is 0.944 bits per heavy atom. The summed E-state index contributed by atoms with van der Waals surface area (Å²) < 4.78 is 0. The van der Waals surface area contributed by atoms with Crippen LogP contribution in [-0.2, 0) is 11.4 Å². The average molecular weight is 238 g/mol. The molecule has 3 aromatic rings. The minimum atomic E-state index is 0.527. The van der Waals surface area contributed by atoms with Gasteiger partial charge in [-0.25, -0.2) is 0 Å². The number of fused-ring (bicyclic) bond motifs is 1. The van der Waals surface area contributed by atoms with Crippen LogP contribution in [-0.4, -0.2) is 4.98 Å². The smallest absolute Gasteiger partial charge is 0.102 e. The molecule has 3 nitrogen and oxygen atoms in total. The van der Waals surface area contributed by atoms with Gasteiger partial charge in [0.2, 0.25) is 0 Å². The Morgan fingerprint density at radius 2 is 1.72 bits per heavy atom. The van der Waals surface area contributed by atoms with Gasteiger partial charge >= 0.3 is 0 Å². The van der Waals surface area contributed by atoms with Crippen molar-refractivity contribution in [3.05, 3.63) is 66.4 Å². The van der Waals surface area contributed by atoms with Crippen molar-refractivity contribution in [3.63, 3.8) is 0 Å². The first-order valence-electron chi connectivity index (χ1n) is 5.91. The third-order valence-electron chi connectivity index (χ3n) is 2.87. The van der Waals surface area contributed by atoms with Crippen LogP contribution in [0.3, 0.4) is 0 Å². The highest BCUT2D eigenvalue weighted by Gasteiger charge is 2.02. The van der Waals surface area contributed by atoms with Gasteiger partial charge in [-0.15, -0.1) is 0 Å². The van der Waals surface area contributed by atoms with Gasteiger partial charge in [0.15, 0.2) is 0 Å². The zero-order valence-corrected chi connectivity index (χ0v) is 9.89. The van der Waals surface area contributed by atoms with E-state index >= 15 is 0 Å². The summed E-state index contributed by atoms with van der Waals surface area (Å²) in [5.74, 6) is 0. The molecule has 18 heavy (non-hydrogen) atoms. The Kier molecular flexibility index (Phi) is 2.98. The second-order valence-electron chi connectivity index (χ2n) is 4.12. The number of nitrogens with one attached hydrogen (secondary N) is 2. The van der Waals surface area contributed by atoms with E-state index < -0.39 is 0 Å². The fourth-order valence-corrected chi connectivity index (χ4v) is 1.95. The number of para-hydroxylation sites is 2. The van der Waals surface area contributed by atoms with Crippen LogP contribution < -0.4 is 5.48 Å². The molecular weight excluding hydrogens is 224 g/mol. The minimum Gasteiger partial charge on any atom is -0.361 e. The van der Waals surface area contributed by atoms with Gasteiger partial charge in [-0.1, -0.05) is 36.4 Å². The van der Waals surface area contributed by atoms with Crippen LogP contribution in [0.1, 0.15) is 5.56 Å². The van der Waals surface area contributed by atoms with Crippen LogP contribution in [0.4, 0.5) is 5.69 Å². The fourth-order valence-electron chi connectivity index (χ4n) is 1.95. The number of aromatic nitrogens is 1. The van der Waals surface area contributed by atoms with Gasteiger partial charge in [-0.2, -0.15) is 0 Å². The van der Waals surface area contributed by atoms with Gasteiger partial charge in [-0.3, -0.25) is 10.3 Å². The number of hydrogen-bond acceptors (Lipinski definition) is 2. The predicted octanol–water partition coefficient (Wildman–Crippen LogP) is 3.71. The second kappa shape index (κ2) is 4.94. The van der Waals surface area contributed by atoms with Crippen LogP contribution in [0.15, 0.2) is 60.8 Å². The van der Waals surface area contributed by atoms with Gasteiger partial charge in [0.1, 0.15) is 6.61 Å². The van der Waals surface area contributed by atoms with E-state index in [0.29, 0.717) is 6.61 Å². The molecular formula is C15H14N2O. The lowest BCUT2D eigenvalue weighted by atomic mass is 10.2. The Bertz CT molecular complexity index is 631. The van der Waals surface area contributed by atoms with Gasteiger partial charge in [0.05, 0.1) is 5.69 Å². The van der Waals surface area contributed by atoms with Crippen LogP contribution in [0.2, 0.25) is 0 Å². The molecule has 0 saturated carbocycles. The largest absolute Gasteiger partial charge is 0.361 e. The van der Waals surface area contributed by atoms with Gasteiger partial charge in [0.25, 0.3) is 0 Å². The summed E-state index contributed by atoms with van der Waals surface area (Å²) in [7, 11) is 0. The zero-order chi connectivity index (χ0) is 12.2. The minimum absolute atomic E-state index is 0.527. The molecule has 0 aliphatic heterocycles. The summed E-state index contributed by atoms with van der Waals surface area (Å²) in [4.78, 5) is 8.73. The Hall–Kier alpha value is -2.26. The van der Waals surface area contributed by atoms with Crippen molar-refractivity contribution in [1.82, 2.24) is 4.98 Å². The summed E-state index contributed by atoms with van der Waals surface area (Å²) in [6, 6.07) is 18.1. The summed E-state index contributed by atoms with van der Waals surface area (Å²) in [5.41, 5.74) is 6.17. The molecule has 0 spiro atoms. The van der Waals surface area contributed by atoms with Gasteiger partial charge in [-0.05, 0) is 18.2 Å². The zero-order valence-electron chi connectivity index (χ0n) is 9.89. The monoisotopic (exact) mass is 238 g/mol. The summed E-state index contributed by atoms with van der Waals surface area (Å²) >= 11 is 0. The Balaban J connectivity index is 1.67. The van der Waals surface area contributed by atoms with E-state index in [1.807, 2.05) is 48.7 Å². The van der Waals surface area contributed by atoms with Crippen molar-refractivity contribution in [2.75, 3.05) is 5.48 Å². The summed E-state index contributed by atoms with van der Waals surface area (Å²) in [6.45, 7) is 0.527. The van der Waals surface area contributed by atoms with Gasteiger partial charge in [0, 0.05) is 22.7 Å². The first-order valence-corrected chi connectivity index (χ1v) is 5.91. The van der Waals surface area contributed by atoms with E-state index in [0.717, 1.165) is 16.8 Å². The number of benzene rings is 2. The highest BCUT2D eigenvalue weighted by atomic mass is 16.6. The molecule has 0 unspecified atom stereocenters. The molecule has 0 fully saturated rings. The third kappa shape index (κ3) is 2.21. The highest BCUT2D eigenvalue weighted by Crippen LogP contribution is 2.18. The van der Waals surface area contributed by atoms with Crippen LogP contribution in [0.25, 0.3) is 10.9 Å². The summed E-state index contributed by atoms with van der Waals surface area (Å²) in [6.07, 6.45) is 1.98. The molecule has 2 N–H and O–H groups in total. The van der Waals surface area contributed by atoms with E-state index in [1.165, 1.54) is 5.39 Å². The lowest BCUT2D eigenvalue weighted by Crippen LogP contribution is -2.00. The average Bonchev–Trinajstić information content (AvgIpc) is 2.84. The molecule has 90 valence electrons. The number of anilines is 1. The Morgan fingerprint density at radius 3 is 2.61 bits per heavy atom. The first-order chi connectivity index (χ1) is 8.93. The maximum Gasteiger partial charge on any atom is 0.102 e. The van der Waals surface area contributed by atoms with Crippen molar-refractivity contribution in [2.24, 2.45) is 0 Å². The molecule has 0 atom stereocenters. The van der Waals surface area contributed by atoms with Crippen molar-refractivity contribution in [3.8, 4) is 0 Å². The lowest BCUT2D eigenvalue weighted by Gasteiger charge is -2.05. The molecule has 1 heterocycles. The predicted molar refractivity (Wildman–Crippen MR) is 73.2 cm³/mol. The highest BCUT2D eigenvalue weighted by molar-refractivity contribution is 5.82. The normalized spacial score (nSPS) is 10.7. The van der Waals surface area contributed by atoms with E-state index in [1.54, 1.807) is 0 Å². The quantitative estimate of drug-likeness (QED) is 0.680. The molecule has 0 bridgehead atoms. The van der Waals surface area contributed by atoms with Crippen LogP contribution in [0, 0.1) is 0 Å². The maximum absolute atomic E-state index is 5.50. The van der Waals surface area contributed by atoms with E-state index in [9.17, 15) is 0 Å². The second-order valence-corrected chi connectivity index (χ2v) is 4.12. The molecule has 0 saturated heterocycles. The SMILES string of the molecule is c1ccc(NOCc2c[nH]c3ccccc23)cc1. The first kappa shape index (κ1) is 10.9. The van der Waals surface area contributed by atoms with Crippen molar-refractivity contribution in [1.29, 1.82) is 0 Å². The van der Waals surface area contributed by atoms with Crippen LogP contribution in [0.5, 0.6) is 0 Å². The number of aromatic amines is 1. The molecule has 2 aromatic carbocycles. The molecule has 0 aliphatic rings. The fraction of sp³-hybridized carbons (Fsp3) is 0.0667. The van der Waals surface area contributed by atoms with Crippen molar-refractivity contribution >= 4 is 16.6 Å². The molecule has 1 aromatic heterocycles. The molecule has 3 rings (SSSR count). The van der Waals surface area contributed by atoms with Crippen LogP contribution >= 0.6 is 0 Å². The van der Waals surface area contributed by atoms with E-state index in [-0.39, 0.29) is 0 Å². The third-order valence-corrected chi connectivity index (χ3v) is 2.87. The number of hydrogen-bond donors (Lipinski definition) is 2. The van der Waals surface area contributed by atoms with Gasteiger partial charge < -0.3 is 4.98 Å². The number of H-pyrrole nitrogens is 1. The van der Waals surface area contributed by atoms with E-state index in [4.69, 9.17) is 4.84 Å².